The van der Waals surface area contributed by atoms with Crippen LogP contribution in [0.2, 0.25) is 0 Å². The fraction of sp³-hybridized carbons (Fsp3) is 0.810. The Labute approximate surface area is 281 Å². The van der Waals surface area contributed by atoms with Gasteiger partial charge in [-0.3, -0.25) is 0 Å². The van der Waals surface area contributed by atoms with Gasteiger partial charge in [-0.15, -0.1) is 0 Å². The highest BCUT2D eigenvalue weighted by molar-refractivity contribution is 4.94. The zero-order valence-electron chi connectivity index (χ0n) is 30.3. The van der Waals surface area contributed by atoms with Gasteiger partial charge in [0, 0.05) is 25.9 Å². The van der Waals surface area contributed by atoms with Gasteiger partial charge in [0.2, 0.25) is 0 Å². The van der Waals surface area contributed by atoms with Crippen LogP contribution in [0.3, 0.4) is 0 Å². The summed E-state index contributed by atoms with van der Waals surface area (Å²) in [6.07, 6.45) is 52.1. The van der Waals surface area contributed by atoms with Crippen LogP contribution in [-0.2, 0) is 9.47 Å². The molecule has 0 radical (unpaired) electrons. The van der Waals surface area contributed by atoms with E-state index >= 15 is 0 Å². The van der Waals surface area contributed by atoms with Crippen LogP contribution in [0.15, 0.2) is 48.6 Å². The monoisotopic (exact) mass is 626 g/mol. The van der Waals surface area contributed by atoms with Crippen LogP contribution in [0.1, 0.15) is 181 Å². The highest BCUT2D eigenvalue weighted by atomic mass is 16.8. The number of allylic oxidation sites excluding steroid dienone is 8. The van der Waals surface area contributed by atoms with Crippen molar-refractivity contribution in [2.24, 2.45) is 0 Å². The third kappa shape index (κ3) is 20.6. The first kappa shape index (κ1) is 40.0. The maximum absolute atomic E-state index is 6.85. The Hall–Kier alpha value is -1.16. The summed E-state index contributed by atoms with van der Waals surface area (Å²) in [5.74, 6) is -0.309. The molecule has 0 N–H and O–H groups in total. The zero-order valence-corrected chi connectivity index (χ0v) is 30.3. The molecule has 0 amide bonds. The smallest absolute Gasteiger partial charge is 0.169 e. The summed E-state index contributed by atoms with van der Waals surface area (Å²) in [7, 11) is 2.24. The second kappa shape index (κ2) is 27.9. The zero-order chi connectivity index (χ0) is 32.1. The average molecular weight is 626 g/mol. The van der Waals surface area contributed by atoms with Gasteiger partial charge in [0.25, 0.3) is 0 Å². The van der Waals surface area contributed by atoms with E-state index in [-0.39, 0.29) is 5.79 Å². The molecule has 2 aliphatic heterocycles. The van der Waals surface area contributed by atoms with Crippen molar-refractivity contribution < 1.29 is 9.47 Å². The minimum atomic E-state index is -0.309. The summed E-state index contributed by atoms with van der Waals surface area (Å²) in [6.45, 7) is 6.79. The molecule has 0 unspecified atom stereocenters. The molecular weight excluding hydrogens is 550 g/mol. The van der Waals surface area contributed by atoms with Gasteiger partial charge in [-0.05, 0) is 84.1 Å². The number of likely N-dealkylation sites (tertiary alicyclic amines) is 1. The van der Waals surface area contributed by atoms with Crippen LogP contribution in [0, 0.1) is 0 Å². The molecule has 3 nitrogen and oxygen atoms in total. The molecule has 0 bridgehead atoms. The first-order valence-corrected chi connectivity index (χ1v) is 19.8. The van der Waals surface area contributed by atoms with Crippen LogP contribution < -0.4 is 0 Å². The molecule has 2 heterocycles. The van der Waals surface area contributed by atoms with E-state index in [2.05, 4.69) is 74.4 Å². The Bertz CT molecular complexity index is 720. The third-order valence-electron chi connectivity index (χ3n) is 9.75. The quantitative estimate of drug-likeness (QED) is 0.0638. The predicted molar refractivity (Wildman–Crippen MR) is 198 cm³/mol. The number of hydrogen-bond acceptors (Lipinski definition) is 3. The summed E-state index contributed by atoms with van der Waals surface area (Å²) >= 11 is 0. The Morgan fingerprint density at radius 1 is 0.489 bits per heavy atom. The van der Waals surface area contributed by atoms with Gasteiger partial charge in [-0.25, -0.2) is 0 Å². The second-order valence-corrected chi connectivity index (χ2v) is 14.1. The van der Waals surface area contributed by atoms with Crippen molar-refractivity contribution in [2.45, 2.75) is 199 Å². The SMILES string of the molecule is CCCC/C=C\C/C=C\CCCCCCCCC1(CCCCCCCC/C=C\C/C=C\CCCC)O[C@H]2CCN(C)CC[C@H]2O1. The average Bonchev–Trinajstić information content (AvgIpc) is 3.30. The maximum Gasteiger partial charge on any atom is 0.169 e. The molecule has 2 saturated heterocycles. The Kier molecular flexibility index (Phi) is 24.8. The number of hydrogen-bond donors (Lipinski definition) is 0. The Balaban J connectivity index is 1.58. The first-order valence-electron chi connectivity index (χ1n) is 19.8. The van der Waals surface area contributed by atoms with Crippen molar-refractivity contribution in [3.8, 4) is 0 Å². The van der Waals surface area contributed by atoms with Crippen molar-refractivity contribution in [1.29, 1.82) is 0 Å². The second-order valence-electron chi connectivity index (χ2n) is 14.1. The van der Waals surface area contributed by atoms with E-state index in [1.54, 1.807) is 0 Å². The maximum atomic E-state index is 6.85. The van der Waals surface area contributed by atoms with Gasteiger partial charge >= 0.3 is 0 Å². The lowest BCUT2D eigenvalue weighted by atomic mass is 9.98. The fourth-order valence-corrected chi connectivity index (χ4v) is 6.77. The number of ether oxygens (including phenoxy) is 2. The third-order valence-corrected chi connectivity index (χ3v) is 9.75. The summed E-state index contributed by atoms with van der Waals surface area (Å²) < 4.78 is 13.7. The molecule has 0 aromatic rings. The molecule has 260 valence electrons. The van der Waals surface area contributed by atoms with Crippen LogP contribution in [-0.4, -0.2) is 43.0 Å². The Morgan fingerprint density at radius 3 is 1.24 bits per heavy atom. The molecular formula is C42H75NO2. The molecule has 2 fully saturated rings. The number of nitrogens with zero attached hydrogens (tertiary/aromatic N) is 1. The van der Waals surface area contributed by atoms with Crippen LogP contribution >= 0.6 is 0 Å². The van der Waals surface area contributed by atoms with Gasteiger partial charge in [-0.1, -0.05) is 140 Å². The molecule has 2 rings (SSSR count). The molecule has 0 aromatic heterocycles. The lowest BCUT2D eigenvalue weighted by molar-refractivity contribution is -0.188. The van der Waals surface area contributed by atoms with Crippen molar-refractivity contribution in [3.63, 3.8) is 0 Å². The van der Waals surface area contributed by atoms with Crippen LogP contribution in [0.5, 0.6) is 0 Å². The predicted octanol–water partition coefficient (Wildman–Crippen LogP) is 12.8. The first-order chi connectivity index (χ1) is 22.2. The van der Waals surface area contributed by atoms with Gasteiger partial charge in [0.1, 0.15) is 0 Å². The molecule has 3 heteroatoms. The van der Waals surface area contributed by atoms with Crippen molar-refractivity contribution >= 4 is 0 Å². The largest absolute Gasteiger partial charge is 0.344 e. The van der Waals surface area contributed by atoms with Gasteiger partial charge in [0.15, 0.2) is 5.79 Å². The number of fused-ring (bicyclic) bond motifs is 1. The highest BCUT2D eigenvalue weighted by Crippen LogP contribution is 2.40. The number of unbranched alkanes of at least 4 members (excludes halogenated alkanes) is 16. The topological polar surface area (TPSA) is 21.7 Å². The minimum absolute atomic E-state index is 0.301. The van der Waals surface area contributed by atoms with Gasteiger partial charge in [0.05, 0.1) is 12.2 Å². The molecule has 0 spiro atoms. The fourth-order valence-electron chi connectivity index (χ4n) is 6.77. The van der Waals surface area contributed by atoms with E-state index in [0.29, 0.717) is 12.2 Å². The summed E-state index contributed by atoms with van der Waals surface area (Å²) in [5, 5.41) is 0. The summed E-state index contributed by atoms with van der Waals surface area (Å²) in [4.78, 5) is 2.44. The van der Waals surface area contributed by atoms with E-state index in [1.807, 2.05) is 0 Å². The minimum Gasteiger partial charge on any atom is -0.344 e. The van der Waals surface area contributed by atoms with Crippen LogP contribution in [0.25, 0.3) is 0 Å². The Morgan fingerprint density at radius 2 is 0.844 bits per heavy atom. The molecule has 2 aliphatic rings. The van der Waals surface area contributed by atoms with Crippen molar-refractivity contribution in [3.05, 3.63) is 48.6 Å². The van der Waals surface area contributed by atoms with Crippen molar-refractivity contribution in [2.75, 3.05) is 20.1 Å². The summed E-state index contributed by atoms with van der Waals surface area (Å²) in [5.41, 5.74) is 0. The van der Waals surface area contributed by atoms with E-state index in [0.717, 1.165) is 51.6 Å². The normalized spacial score (nSPS) is 20.8. The summed E-state index contributed by atoms with van der Waals surface area (Å²) in [6, 6.07) is 0. The van der Waals surface area contributed by atoms with E-state index in [4.69, 9.17) is 9.47 Å². The lowest BCUT2D eigenvalue weighted by Gasteiger charge is -2.29. The van der Waals surface area contributed by atoms with Crippen molar-refractivity contribution in [1.82, 2.24) is 4.90 Å². The van der Waals surface area contributed by atoms with Gasteiger partial charge in [-0.2, -0.15) is 0 Å². The molecule has 45 heavy (non-hydrogen) atoms. The van der Waals surface area contributed by atoms with Gasteiger partial charge < -0.3 is 14.4 Å². The molecule has 0 aromatic carbocycles. The van der Waals surface area contributed by atoms with E-state index < -0.39 is 0 Å². The van der Waals surface area contributed by atoms with E-state index in [1.165, 1.54) is 128 Å². The highest BCUT2D eigenvalue weighted by Gasteiger charge is 2.47. The lowest BCUT2D eigenvalue weighted by Crippen LogP contribution is -2.32. The van der Waals surface area contributed by atoms with E-state index in [9.17, 15) is 0 Å². The standard InChI is InChI=1S/C42H75NO2/c1-4-6-8-10-12-14-16-18-20-22-24-26-28-30-32-36-42(44-40-34-38-43(3)39-35-41(40)45-42)37-33-31-29-27-25-23-21-19-17-15-13-11-9-7-5-2/h10-13,16-19,40-41H,4-9,14-15,20-39H2,1-3H3/b12-10-,13-11-,18-16-,19-17-/t40-,41+. The molecule has 0 aliphatic carbocycles. The molecule has 2 atom stereocenters. The molecule has 0 saturated carbocycles. The van der Waals surface area contributed by atoms with Crippen LogP contribution in [0.4, 0.5) is 0 Å². The number of rotatable bonds is 28.